The van der Waals surface area contributed by atoms with Gasteiger partial charge in [-0.25, -0.2) is 0 Å². The van der Waals surface area contributed by atoms with Gasteiger partial charge < -0.3 is 14.6 Å². The van der Waals surface area contributed by atoms with Crippen molar-refractivity contribution in [1.82, 2.24) is 0 Å². The molecule has 234 valence electrons. The van der Waals surface area contributed by atoms with Crippen LogP contribution < -0.4 is 4.74 Å². The Kier molecular flexibility index (Phi) is 23.8. The summed E-state index contributed by atoms with van der Waals surface area (Å²) < 4.78 is 10.9. The van der Waals surface area contributed by atoms with Crippen LogP contribution in [0, 0.1) is 0 Å². The molecule has 0 heterocycles. The van der Waals surface area contributed by atoms with Gasteiger partial charge in [-0.05, 0) is 79.2 Å². The fourth-order valence-electron chi connectivity index (χ4n) is 4.39. The maximum absolute atomic E-state index is 11.1. The van der Waals surface area contributed by atoms with Gasteiger partial charge >= 0.3 is 0 Å². The van der Waals surface area contributed by atoms with Crippen molar-refractivity contribution in [2.45, 2.75) is 98.8 Å². The molecule has 0 saturated heterocycles. The molecule has 5 heteroatoms. The highest BCUT2D eigenvalue weighted by atomic mass is 16.5. The number of aliphatic hydroxyl groups excluding tert-OH is 1. The first-order valence-corrected chi connectivity index (χ1v) is 15.7. The number of aryl methyl sites for hydroxylation is 3. The average molecular weight is 580 g/mol. The largest absolute Gasteiger partial charge is 0.496 e. The second-order valence-corrected chi connectivity index (χ2v) is 9.79. The molecule has 0 bridgehead atoms. The first-order valence-electron chi connectivity index (χ1n) is 15.7. The lowest BCUT2D eigenvalue weighted by atomic mass is 9.92. The van der Waals surface area contributed by atoms with Gasteiger partial charge in [0, 0.05) is 26.4 Å². The van der Waals surface area contributed by atoms with E-state index >= 15 is 0 Å². The summed E-state index contributed by atoms with van der Waals surface area (Å²) in [6, 6.07) is 15.9. The van der Waals surface area contributed by atoms with Crippen molar-refractivity contribution in [2.24, 2.45) is 4.99 Å². The molecule has 0 spiro atoms. The van der Waals surface area contributed by atoms with E-state index < -0.39 is 0 Å². The second kappa shape index (κ2) is 25.7. The molecular formula is C37H57NO4. The zero-order chi connectivity index (χ0) is 31.6. The highest BCUT2D eigenvalue weighted by molar-refractivity contribution is 5.94. The quantitative estimate of drug-likeness (QED) is 0.109. The molecule has 42 heavy (non-hydrogen) atoms. The number of allylic oxidation sites excluding steroid dienone is 2. The Morgan fingerprint density at radius 3 is 2.14 bits per heavy atom. The first kappa shape index (κ1) is 39.0. The summed E-state index contributed by atoms with van der Waals surface area (Å²) in [7, 11) is 1.79. The van der Waals surface area contributed by atoms with E-state index in [4.69, 9.17) is 14.6 Å². The third kappa shape index (κ3) is 16.4. The van der Waals surface area contributed by atoms with E-state index in [9.17, 15) is 4.79 Å². The van der Waals surface area contributed by atoms with Crippen LogP contribution in [-0.4, -0.2) is 44.0 Å². The summed E-state index contributed by atoms with van der Waals surface area (Å²) in [5.41, 5.74) is 5.98. The molecule has 0 fully saturated rings. The lowest BCUT2D eigenvalue weighted by Gasteiger charge is -2.16. The molecule has 0 radical (unpaired) electrons. The average Bonchev–Trinajstić information content (AvgIpc) is 3.02. The number of benzene rings is 2. The fraction of sp³-hybridized carbons (Fsp3) is 0.514. The number of rotatable bonds is 18. The number of aliphatic hydroxyl groups is 1. The van der Waals surface area contributed by atoms with E-state index in [0.717, 1.165) is 18.6 Å². The highest BCUT2D eigenvalue weighted by Gasteiger charge is 2.11. The summed E-state index contributed by atoms with van der Waals surface area (Å²) >= 11 is 0. The van der Waals surface area contributed by atoms with Gasteiger partial charge in [0.1, 0.15) is 11.4 Å². The Hall–Kier alpha value is -3.02. The number of nitrogens with zero attached hydrogens (tertiary/aromatic N) is 1. The van der Waals surface area contributed by atoms with E-state index in [-0.39, 0.29) is 12.4 Å². The number of ether oxygens (including phenoxy) is 2. The topological polar surface area (TPSA) is 68.1 Å². The fourth-order valence-corrected chi connectivity index (χ4v) is 4.39. The molecule has 1 N–H and O–H groups in total. The molecule has 2 aromatic rings. The summed E-state index contributed by atoms with van der Waals surface area (Å²) in [5.74, 6) is 1.61. The molecule has 2 rings (SSSR count). The zero-order valence-corrected chi connectivity index (χ0v) is 27.5. The molecule has 5 nitrogen and oxygen atoms in total. The lowest BCUT2D eigenvalue weighted by molar-refractivity contribution is -0.113. The Balaban J connectivity index is 0.000000816. The Labute approximate surface area is 256 Å². The SMILES string of the molecule is C=CC=N/C(=C\CCOCCCO)C(C)=O.CC.CCCc1ccc(CCc2ccc(C(CC)CC)cc2OC)cc1. The monoisotopic (exact) mass is 579 g/mol. The third-order valence-electron chi connectivity index (χ3n) is 6.74. The standard InChI is InChI=1S/C23H32O.C12H19NO3.C2H6/c1-5-8-18-9-11-19(12-10-18)13-14-21-15-16-22(17-23(21)24-4)20(6-2)7-3;1-3-7-13-12(11(2)15)6-4-9-16-10-5-8-14;1-2/h9-12,15-17,20H,5-8,13-14H2,1-4H3;3,6-7,14H,1,4-5,8-10H2,2H3;1-2H3/b;12-6-,13-7?;. The van der Waals surface area contributed by atoms with Gasteiger partial charge in [-0.3, -0.25) is 9.79 Å². The summed E-state index contributed by atoms with van der Waals surface area (Å²) in [6.07, 6.45) is 12.9. The molecule has 0 atom stereocenters. The zero-order valence-electron chi connectivity index (χ0n) is 27.5. The van der Waals surface area contributed by atoms with Crippen LogP contribution in [0.5, 0.6) is 5.75 Å². The minimum absolute atomic E-state index is 0.0755. The molecule has 2 aromatic carbocycles. The van der Waals surface area contributed by atoms with Crippen LogP contribution in [-0.2, 0) is 28.8 Å². The van der Waals surface area contributed by atoms with Gasteiger partial charge in [0.05, 0.1) is 13.7 Å². The van der Waals surface area contributed by atoms with Gasteiger partial charge in [-0.2, -0.15) is 0 Å². The third-order valence-corrected chi connectivity index (χ3v) is 6.74. The molecule has 0 aliphatic rings. The van der Waals surface area contributed by atoms with Gasteiger partial charge in [0.15, 0.2) is 5.78 Å². The molecule has 0 aliphatic heterocycles. The summed E-state index contributed by atoms with van der Waals surface area (Å²) in [5, 5.41) is 8.52. The minimum atomic E-state index is -0.0755. The van der Waals surface area contributed by atoms with Gasteiger partial charge in [0.25, 0.3) is 0 Å². The number of carbonyl (C=O) groups is 1. The van der Waals surface area contributed by atoms with Crippen LogP contribution >= 0.6 is 0 Å². The first-order chi connectivity index (χ1) is 20.4. The Morgan fingerprint density at radius 1 is 0.976 bits per heavy atom. The lowest BCUT2D eigenvalue weighted by Crippen LogP contribution is -2.00. The second-order valence-electron chi connectivity index (χ2n) is 9.79. The van der Waals surface area contributed by atoms with Gasteiger partial charge in [-0.1, -0.05) is 96.2 Å². The number of hydrogen-bond donors (Lipinski definition) is 1. The molecule has 0 aromatic heterocycles. The minimum Gasteiger partial charge on any atom is -0.496 e. The number of hydrogen-bond acceptors (Lipinski definition) is 5. The van der Waals surface area contributed by atoms with Crippen molar-refractivity contribution in [3.63, 3.8) is 0 Å². The highest BCUT2D eigenvalue weighted by Crippen LogP contribution is 2.29. The predicted octanol–water partition coefficient (Wildman–Crippen LogP) is 8.87. The molecular weight excluding hydrogens is 522 g/mol. The van der Waals surface area contributed by atoms with Crippen molar-refractivity contribution < 1.29 is 19.4 Å². The van der Waals surface area contributed by atoms with Crippen LogP contribution in [0.4, 0.5) is 0 Å². The Morgan fingerprint density at radius 2 is 1.62 bits per heavy atom. The molecule has 0 amide bonds. The van der Waals surface area contributed by atoms with Gasteiger partial charge in [0.2, 0.25) is 0 Å². The summed E-state index contributed by atoms with van der Waals surface area (Å²) in [4.78, 5) is 15.1. The van der Waals surface area contributed by atoms with Crippen LogP contribution in [0.25, 0.3) is 0 Å². The number of ketones is 1. The number of methoxy groups -OCH3 is 1. The van der Waals surface area contributed by atoms with E-state index in [1.165, 1.54) is 67.2 Å². The van der Waals surface area contributed by atoms with E-state index in [1.807, 2.05) is 13.8 Å². The normalized spacial score (nSPS) is 11.0. The van der Waals surface area contributed by atoms with Crippen molar-refractivity contribution in [1.29, 1.82) is 0 Å². The van der Waals surface area contributed by atoms with Crippen molar-refractivity contribution in [2.75, 3.05) is 26.9 Å². The summed E-state index contributed by atoms with van der Waals surface area (Å²) in [6.45, 7) is 16.9. The van der Waals surface area contributed by atoms with E-state index in [0.29, 0.717) is 37.7 Å². The molecule has 0 unspecified atom stereocenters. The van der Waals surface area contributed by atoms with Crippen LogP contribution in [0.3, 0.4) is 0 Å². The molecule has 0 aliphatic carbocycles. The maximum atomic E-state index is 11.1. The van der Waals surface area contributed by atoms with E-state index in [2.05, 4.69) is 74.8 Å². The van der Waals surface area contributed by atoms with Crippen LogP contribution in [0.1, 0.15) is 102 Å². The number of Topliss-reactive ketones (excluding diaryl/α,β-unsaturated/α-hetero) is 1. The molecule has 0 saturated carbocycles. The number of carbonyl (C=O) groups excluding carboxylic acids is 1. The number of aliphatic imine (C=N–C) groups is 1. The predicted molar refractivity (Wildman–Crippen MR) is 180 cm³/mol. The van der Waals surface area contributed by atoms with Crippen LogP contribution in [0.15, 0.2) is 71.9 Å². The van der Waals surface area contributed by atoms with Crippen molar-refractivity contribution in [3.05, 3.63) is 89.1 Å². The maximum Gasteiger partial charge on any atom is 0.177 e. The van der Waals surface area contributed by atoms with Gasteiger partial charge in [-0.15, -0.1) is 0 Å². The van der Waals surface area contributed by atoms with E-state index in [1.54, 1.807) is 13.2 Å². The van der Waals surface area contributed by atoms with Crippen molar-refractivity contribution in [3.8, 4) is 5.75 Å². The van der Waals surface area contributed by atoms with Crippen LogP contribution in [0.2, 0.25) is 0 Å². The van der Waals surface area contributed by atoms with Crippen molar-refractivity contribution >= 4 is 12.0 Å². The smallest absolute Gasteiger partial charge is 0.177 e. The Bertz CT molecular complexity index is 1040.